The molecule has 0 bridgehead atoms. The molecule has 3 aromatic carbocycles. The molecule has 4 atom stereocenters. The average Bonchev–Trinajstić information content (AvgIpc) is 3.07. The molecular formula is C37H46F4N4O5. The Kier molecular flexibility index (Phi) is 13.6. The number of benzene rings is 3. The molecule has 3 N–H and O–H groups in total. The van der Waals surface area contributed by atoms with E-state index in [0.29, 0.717) is 43.2 Å². The summed E-state index contributed by atoms with van der Waals surface area (Å²) in [5.74, 6) is -0.709. The maximum atomic E-state index is 14.3. The molecule has 9 nitrogen and oxygen atoms in total. The number of nitrogens with one attached hydrogen (secondary N) is 2. The molecule has 1 aliphatic heterocycles. The van der Waals surface area contributed by atoms with Gasteiger partial charge < -0.3 is 30.1 Å². The van der Waals surface area contributed by atoms with E-state index >= 15 is 0 Å². The summed E-state index contributed by atoms with van der Waals surface area (Å²) < 4.78 is 65.1. The molecule has 4 rings (SSSR count). The fraction of sp³-hybridized carbons (Fsp3) is 0.459. The maximum absolute atomic E-state index is 14.3. The molecule has 3 aromatic rings. The second-order valence-electron chi connectivity index (χ2n) is 13.0. The van der Waals surface area contributed by atoms with E-state index in [4.69, 9.17) is 9.47 Å². The number of rotatable bonds is 8. The molecule has 0 fully saturated rings. The summed E-state index contributed by atoms with van der Waals surface area (Å²) in [6.45, 7) is 6.85. The third-order valence-electron chi connectivity index (χ3n) is 8.64. The molecule has 0 saturated heterocycles. The zero-order chi connectivity index (χ0) is 36.4. The average molecular weight is 703 g/mol. The van der Waals surface area contributed by atoms with Gasteiger partial charge in [0.2, 0.25) is 0 Å². The van der Waals surface area contributed by atoms with E-state index in [2.05, 4.69) is 10.6 Å². The van der Waals surface area contributed by atoms with Crippen molar-refractivity contribution in [1.29, 1.82) is 0 Å². The number of hydrogen-bond acceptors (Lipinski definition) is 6. The predicted molar refractivity (Wildman–Crippen MR) is 184 cm³/mol. The minimum absolute atomic E-state index is 0.206. The number of ether oxygens (including phenoxy) is 2. The number of urea groups is 1. The molecule has 50 heavy (non-hydrogen) atoms. The molecular weight excluding hydrogens is 656 g/mol. The van der Waals surface area contributed by atoms with Crippen molar-refractivity contribution < 1.29 is 41.7 Å². The molecule has 13 heteroatoms. The van der Waals surface area contributed by atoms with Crippen molar-refractivity contribution in [2.75, 3.05) is 44.0 Å². The second-order valence-corrected chi connectivity index (χ2v) is 13.0. The van der Waals surface area contributed by atoms with Crippen LogP contribution in [-0.4, -0.2) is 78.4 Å². The van der Waals surface area contributed by atoms with E-state index in [1.54, 1.807) is 24.0 Å². The zero-order valence-corrected chi connectivity index (χ0v) is 28.8. The van der Waals surface area contributed by atoms with E-state index in [1.165, 1.54) is 42.5 Å². The fourth-order valence-corrected chi connectivity index (χ4v) is 5.77. The molecule has 0 aliphatic carbocycles. The number of carbonyl (C=O) groups is 2. The highest BCUT2D eigenvalue weighted by atomic mass is 19.4. The van der Waals surface area contributed by atoms with Crippen molar-refractivity contribution in [1.82, 2.24) is 9.80 Å². The first kappa shape index (κ1) is 38.6. The smallest absolute Gasteiger partial charge is 0.416 e. The van der Waals surface area contributed by atoms with Crippen LogP contribution in [0.4, 0.5) is 33.7 Å². The largest absolute Gasteiger partial charge is 0.490 e. The third kappa shape index (κ3) is 11.2. The number of aliphatic hydroxyl groups is 1. The van der Waals surface area contributed by atoms with Crippen LogP contribution < -0.4 is 15.4 Å². The Balaban J connectivity index is 1.56. The van der Waals surface area contributed by atoms with Gasteiger partial charge in [-0.3, -0.25) is 9.69 Å². The molecule has 0 saturated carbocycles. The Morgan fingerprint density at radius 2 is 1.68 bits per heavy atom. The standard InChI is InChI=1S/C37H46F4N4O5/c1-24-20-45(25(2)23-46)35(47)32-19-31(43-36(48)42-30-14-12-29(38)13-15-30)16-17-33(32)50-26(3)7-5-6-18-49-34(24)22-44(4)21-27-8-10-28(11-9-27)37(39,40)41/h8-17,19,24-26,34,46H,5-7,18,20-23H2,1-4H3,(H2,42,43,48)/t24-,25-,26+,34+/m0/s1. The molecule has 0 radical (unpaired) electrons. The van der Waals surface area contributed by atoms with Crippen molar-refractivity contribution >= 4 is 23.3 Å². The third-order valence-corrected chi connectivity index (χ3v) is 8.64. The van der Waals surface area contributed by atoms with E-state index < -0.39 is 35.5 Å². The van der Waals surface area contributed by atoms with Crippen LogP contribution in [0.15, 0.2) is 66.7 Å². The monoisotopic (exact) mass is 702 g/mol. The van der Waals surface area contributed by atoms with Gasteiger partial charge >= 0.3 is 12.2 Å². The van der Waals surface area contributed by atoms with Crippen molar-refractivity contribution in [3.05, 3.63) is 89.2 Å². The number of amides is 3. The normalized spacial score (nSPS) is 20.0. The molecule has 0 spiro atoms. The highest BCUT2D eigenvalue weighted by Gasteiger charge is 2.32. The molecule has 0 aromatic heterocycles. The summed E-state index contributed by atoms with van der Waals surface area (Å²) >= 11 is 0. The first-order valence-electron chi connectivity index (χ1n) is 16.8. The summed E-state index contributed by atoms with van der Waals surface area (Å²) in [4.78, 5) is 30.6. The van der Waals surface area contributed by atoms with Crippen molar-refractivity contribution in [3.63, 3.8) is 0 Å². The van der Waals surface area contributed by atoms with Crippen molar-refractivity contribution in [2.45, 2.75) is 71.0 Å². The molecule has 1 aliphatic rings. The lowest BCUT2D eigenvalue weighted by atomic mass is 10.0. The van der Waals surface area contributed by atoms with Gasteiger partial charge in [-0.1, -0.05) is 19.1 Å². The topological polar surface area (TPSA) is 103 Å². The number of hydrogen-bond donors (Lipinski definition) is 3. The summed E-state index contributed by atoms with van der Waals surface area (Å²) in [6, 6.07) is 14.0. The SMILES string of the molecule is C[C@@H]1CCCCO[C@H](CN(C)Cc2ccc(C(F)(F)F)cc2)[C@@H](C)CN([C@@H](C)CO)C(=O)c2cc(NC(=O)Nc3ccc(F)cc3)ccc2O1. The van der Waals surface area contributed by atoms with Gasteiger partial charge in [0.05, 0.1) is 36.0 Å². The number of likely N-dealkylation sites (N-methyl/N-ethyl adjacent to an activating group) is 1. The van der Waals surface area contributed by atoms with E-state index in [9.17, 15) is 32.3 Å². The lowest BCUT2D eigenvalue weighted by Crippen LogP contribution is -2.47. The fourth-order valence-electron chi connectivity index (χ4n) is 5.77. The number of alkyl halides is 3. The minimum atomic E-state index is -4.41. The van der Waals surface area contributed by atoms with Crippen LogP contribution in [0.25, 0.3) is 0 Å². The maximum Gasteiger partial charge on any atom is 0.416 e. The second kappa shape index (κ2) is 17.6. The summed E-state index contributed by atoms with van der Waals surface area (Å²) in [7, 11) is 1.87. The number of halogens is 4. The van der Waals surface area contributed by atoms with Gasteiger partial charge in [-0.05, 0) is 100 Å². The highest BCUT2D eigenvalue weighted by Crippen LogP contribution is 2.30. The summed E-state index contributed by atoms with van der Waals surface area (Å²) in [6.07, 6.45) is -2.70. The van der Waals surface area contributed by atoms with Gasteiger partial charge in [0.1, 0.15) is 11.6 Å². The van der Waals surface area contributed by atoms with Crippen LogP contribution in [0.5, 0.6) is 5.75 Å². The first-order valence-corrected chi connectivity index (χ1v) is 16.8. The highest BCUT2D eigenvalue weighted by molar-refractivity contribution is 6.02. The summed E-state index contributed by atoms with van der Waals surface area (Å²) in [5.41, 5.74) is 0.935. The van der Waals surface area contributed by atoms with Gasteiger partial charge in [0.25, 0.3) is 5.91 Å². The first-order chi connectivity index (χ1) is 23.7. The van der Waals surface area contributed by atoms with Crippen molar-refractivity contribution in [2.24, 2.45) is 5.92 Å². The Labute approximate surface area is 290 Å². The number of fused-ring (bicyclic) bond motifs is 1. The van der Waals surface area contributed by atoms with Gasteiger partial charge in [-0.25, -0.2) is 9.18 Å². The van der Waals surface area contributed by atoms with Crippen LogP contribution in [0.1, 0.15) is 61.5 Å². The van der Waals surface area contributed by atoms with Crippen LogP contribution in [0.2, 0.25) is 0 Å². The van der Waals surface area contributed by atoms with Crippen LogP contribution in [0, 0.1) is 11.7 Å². The Hall–Kier alpha value is -4.20. The summed E-state index contributed by atoms with van der Waals surface area (Å²) in [5, 5.41) is 15.6. The van der Waals surface area contributed by atoms with Crippen molar-refractivity contribution in [3.8, 4) is 5.75 Å². The molecule has 1 heterocycles. The molecule has 3 amide bonds. The zero-order valence-electron chi connectivity index (χ0n) is 28.8. The van der Waals surface area contributed by atoms with Crippen LogP contribution >= 0.6 is 0 Å². The Morgan fingerprint density at radius 1 is 1.02 bits per heavy atom. The van der Waals surface area contributed by atoms with Crippen LogP contribution in [-0.2, 0) is 17.5 Å². The lowest BCUT2D eigenvalue weighted by Gasteiger charge is -2.36. The lowest BCUT2D eigenvalue weighted by molar-refractivity contribution is -0.137. The van der Waals surface area contributed by atoms with Crippen LogP contribution in [0.3, 0.4) is 0 Å². The minimum Gasteiger partial charge on any atom is -0.490 e. The number of nitrogens with zero attached hydrogens (tertiary/aromatic N) is 2. The Bertz CT molecular complexity index is 1550. The van der Waals surface area contributed by atoms with E-state index in [1.807, 2.05) is 25.8 Å². The van der Waals surface area contributed by atoms with Gasteiger partial charge in [-0.2, -0.15) is 13.2 Å². The molecule has 272 valence electrons. The van der Waals surface area contributed by atoms with Gasteiger partial charge in [0, 0.05) is 43.5 Å². The Morgan fingerprint density at radius 3 is 2.34 bits per heavy atom. The van der Waals surface area contributed by atoms with E-state index in [-0.39, 0.29) is 36.8 Å². The number of anilines is 2. The van der Waals surface area contributed by atoms with E-state index in [0.717, 1.165) is 30.5 Å². The predicted octanol–water partition coefficient (Wildman–Crippen LogP) is 7.42. The van der Waals surface area contributed by atoms with Gasteiger partial charge in [-0.15, -0.1) is 0 Å². The number of aliphatic hydroxyl groups excluding tert-OH is 1. The van der Waals surface area contributed by atoms with Gasteiger partial charge in [0.15, 0.2) is 0 Å². The quantitative estimate of drug-likeness (QED) is 0.211. The number of carbonyl (C=O) groups excluding carboxylic acids is 2. The molecule has 0 unspecified atom stereocenters.